The number of alkyl halides is 3. The first kappa shape index (κ1) is 14.5. The number of rotatable bonds is 3. The van der Waals surface area contributed by atoms with Crippen molar-refractivity contribution < 1.29 is 18.3 Å². The monoisotopic (exact) mass is 285 g/mol. The molecule has 1 heterocycles. The van der Waals surface area contributed by atoms with E-state index in [1.54, 1.807) is 0 Å². The average Bonchev–Trinajstić information content (AvgIpc) is 2.81. The minimum Gasteiger partial charge on any atom is -0.390 e. The van der Waals surface area contributed by atoms with E-state index < -0.39 is 18.3 Å². The van der Waals surface area contributed by atoms with E-state index >= 15 is 0 Å². The fourth-order valence-corrected chi connectivity index (χ4v) is 2.00. The summed E-state index contributed by atoms with van der Waals surface area (Å²) in [5.74, 6) is -0.0380. The maximum Gasteiger partial charge on any atom is 0.418 e. The third kappa shape index (κ3) is 2.53. The van der Waals surface area contributed by atoms with Crippen LogP contribution in [0.1, 0.15) is 36.7 Å². The molecule has 4 nitrogen and oxygen atoms in total. The van der Waals surface area contributed by atoms with Crippen molar-refractivity contribution in [3.8, 4) is 5.69 Å². The molecule has 0 unspecified atom stereocenters. The average molecular weight is 285 g/mol. The van der Waals surface area contributed by atoms with Crippen molar-refractivity contribution in [1.82, 2.24) is 15.0 Å². The quantitative estimate of drug-likeness (QED) is 0.943. The summed E-state index contributed by atoms with van der Waals surface area (Å²) in [6, 6.07) is 5.08. The summed E-state index contributed by atoms with van der Waals surface area (Å²) in [5.41, 5.74) is -0.181. The van der Waals surface area contributed by atoms with E-state index in [1.165, 1.54) is 18.2 Å². The van der Waals surface area contributed by atoms with Crippen LogP contribution in [0.15, 0.2) is 24.3 Å². The van der Waals surface area contributed by atoms with Crippen molar-refractivity contribution in [3.63, 3.8) is 0 Å². The molecule has 0 fully saturated rings. The van der Waals surface area contributed by atoms with Crippen LogP contribution < -0.4 is 0 Å². The van der Waals surface area contributed by atoms with Crippen molar-refractivity contribution in [1.29, 1.82) is 0 Å². The Bertz CT molecular complexity index is 605. The fourth-order valence-electron chi connectivity index (χ4n) is 2.00. The van der Waals surface area contributed by atoms with Gasteiger partial charge in [-0.25, -0.2) is 4.68 Å². The van der Waals surface area contributed by atoms with Gasteiger partial charge in [0.2, 0.25) is 0 Å². The predicted molar refractivity (Wildman–Crippen MR) is 66.4 cm³/mol. The van der Waals surface area contributed by atoms with Crippen LogP contribution in [-0.2, 0) is 12.8 Å². The van der Waals surface area contributed by atoms with Gasteiger partial charge in [0.05, 0.1) is 29.2 Å². The first-order valence-corrected chi connectivity index (χ1v) is 6.08. The first-order valence-electron chi connectivity index (χ1n) is 6.08. The molecule has 1 aromatic carbocycles. The van der Waals surface area contributed by atoms with Gasteiger partial charge in [0.25, 0.3) is 0 Å². The maximum absolute atomic E-state index is 13.0. The minimum atomic E-state index is -4.49. The number of halogens is 3. The highest BCUT2D eigenvalue weighted by atomic mass is 19.4. The minimum absolute atomic E-state index is 0.0380. The van der Waals surface area contributed by atoms with Crippen molar-refractivity contribution in [2.45, 2.75) is 32.5 Å². The van der Waals surface area contributed by atoms with Crippen LogP contribution in [0, 0.1) is 0 Å². The summed E-state index contributed by atoms with van der Waals surface area (Å²) in [4.78, 5) is 0. The van der Waals surface area contributed by atoms with E-state index in [2.05, 4.69) is 10.3 Å². The molecular weight excluding hydrogens is 271 g/mol. The molecule has 1 aromatic heterocycles. The highest BCUT2D eigenvalue weighted by Crippen LogP contribution is 2.34. The van der Waals surface area contributed by atoms with Crippen molar-refractivity contribution in [2.75, 3.05) is 0 Å². The maximum atomic E-state index is 13.0. The molecule has 0 bridgehead atoms. The zero-order chi connectivity index (χ0) is 14.9. The Morgan fingerprint density at radius 3 is 2.45 bits per heavy atom. The van der Waals surface area contributed by atoms with Crippen LogP contribution in [0.2, 0.25) is 0 Å². The first-order chi connectivity index (χ1) is 9.36. The van der Waals surface area contributed by atoms with Crippen LogP contribution in [0.5, 0.6) is 0 Å². The highest BCUT2D eigenvalue weighted by Gasteiger charge is 2.34. The van der Waals surface area contributed by atoms with Gasteiger partial charge in [0, 0.05) is 0 Å². The molecule has 0 saturated heterocycles. The fraction of sp³-hybridized carbons (Fsp3) is 0.385. The van der Waals surface area contributed by atoms with Gasteiger partial charge in [-0.2, -0.15) is 13.2 Å². The molecule has 20 heavy (non-hydrogen) atoms. The largest absolute Gasteiger partial charge is 0.418 e. The number of hydrogen-bond acceptors (Lipinski definition) is 3. The molecule has 108 valence electrons. The van der Waals surface area contributed by atoms with E-state index in [-0.39, 0.29) is 17.3 Å². The summed E-state index contributed by atoms with van der Waals surface area (Å²) in [7, 11) is 0. The molecule has 7 heteroatoms. The van der Waals surface area contributed by atoms with Gasteiger partial charge >= 0.3 is 6.18 Å². The summed E-state index contributed by atoms with van der Waals surface area (Å²) in [6.07, 6.45) is -4.49. The molecule has 0 amide bonds. The molecule has 0 spiro atoms. The Morgan fingerprint density at radius 2 is 1.90 bits per heavy atom. The summed E-state index contributed by atoms with van der Waals surface area (Å²) in [6.45, 7) is 3.25. The second kappa shape index (κ2) is 5.24. The topological polar surface area (TPSA) is 50.9 Å². The zero-order valence-corrected chi connectivity index (χ0v) is 11.0. The lowest BCUT2D eigenvalue weighted by Crippen LogP contribution is -2.13. The van der Waals surface area contributed by atoms with Gasteiger partial charge in [-0.15, -0.1) is 5.10 Å². The van der Waals surface area contributed by atoms with Crippen LogP contribution in [-0.4, -0.2) is 20.1 Å². The summed E-state index contributed by atoms with van der Waals surface area (Å²) >= 11 is 0. The standard InChI is InChI=1S/C13H14F3N3O/c1-8(2)12-11(7-20)19(18-17-12)10-6-4-3-5-9(10)13(14,15)16/h3-6,8,20H,7H2,1-2H3. The zero-order valence-electron chi connectivity index (χ0n) is 11.0. The molecule has 0 aliphatic heterocycles. The second-order valence-electron chi connectivity index (χ2n) is 4.66. The molecule has 0 radical (unpaired) electrons. The third-order valence-corrected chi connectivity index (χ3v) is 2.93. The summed E-state index contributed by atoms with van der Waals surface area (Å²) in [5, 5.41) is 17.0. The van der Waals surface area contributed by atoms with Gasteiger partial charge in [-0.05, 0) is 18.1 Å². The number of aliphatic hydroxyl groups is 1. The van der Waals surface area contributed by atoms with Gasteiger partial charge in [0.1, 0.15) is 0 Å². The molecule has 0 saturated carbocycles. The summed E-state index contributed by atoms with van der Waals surface area (Å²) < 4.78 is 40.1. The Kier molecular flexibility index (Phi) is 3.80. The van der Waals surface area contributed by atoms with Crippen LogP contribution in [0.25, 0.3) is 5.69 Å². The molecule has 1 N–H and O–H groups in total. The number of aliphatic hydroxyl groups excluding tert-OH is 1. The number of aromatic nitrogens is 3. The van der Waals surface area contributed by atoms with Crippen molar-refractivity contribution in [3.05, 3.63) is 41.2 Å². The number of nitrogens with zero attached hydrogens (tertiary/aromatic N) is 3. The van der Waals surface area contributed by atoms with E-state index in [0.717, 1.165) is 10.7 Å². The van der Waals surface area contributed by atoms with Gasteiger partial charge < -0.3 is 5.11 Å². The van der Waals surface area contributed by atoms with Crippen LogP contribution >= 0.6 is 0 Å². The van der Waals surface area contributed by atoms with Gasteiger partial charge in [0.15, 0.2) is 0 Å². The smallest absolute Gasteiger partial charge is 0.390 e. The van der Waals surface area contributed by atoms with Crippen molar-refractivity contribution >= 4 is 0 Å². The van der Waals surface area contributed by atoms with E-state index in [0.29, 0.717) is 5.69 Å². The van der Waals surface area contributed by atoms with Crippen molar-refractivity contribution in [2.24, 2.45) is 0 Å². The van der Waals surface area contributed by atoms with E-state index in [1.807, 2.05) is 13.8 Å². The molecule has 0 aliphatic rings. The van der Waals surface area contributed by atoms with Crippen LogP contribution in [0.3, 0.4) is 0 Å². The Hall–Kier alpha value is -1.89. The molecule has 2 rings (SSSR count). The second-order valence-corrected chi connectivity index (χ2v) is 4.66. The number of benzene rings is 1. The lowest BCUT2D eigenvalue weighted by molar-refractivity contribution is -0.137. The number of hydrogen-bond donors (Lipinski definition) is 1. The Balaban J connectivity index is 2.64. The number of para-hydroxylation sites is 1. The molecular formula is C13H14F3N3O. The lowest BCUT2D eigenvalue weighted by atomic mass is 10.1. The van der Waals surface area contributed by atoms with E-state index in [4.69, 9.17) is 0 Å². The predicted octanol–water partition coefficient (Wildman–Crippen LogP) is 2.90. The van der Waals surface area contributed by atoms with Crippen LogP contribution in [0.4, 0.5) is 13.2 Å². The molecule has 0 aliphatic carbocycles. The lowest BCUT2D eigenvalue weighted by Gasteiger charge is -2.14. The van der Waals surface area contributed by atoms with Gasteiger partial charge in [-0.1, -0.05) is 31.2 Å². The molecule has 0 atom stereocenters. The highest BCUT2D eigenvalue weighted by molar-refractivity contribution is 5.43. The van der Waals surface area contributed by atoms with E-state index in [9.17, 15) is 18.3 Å². The molecule has 2 aromatic rings. The SMILES string of the molecule is CC(C)c1nnn(-c2ccccc2C(F)(F)F)c1CO. The Labute approximate surface area is 113 Å². The Morgan fingerprint density at radius 1 is 1.25 bits per heavy atom. The normalized spacial score (nSPS) is 12.2. The third-order valence-electron chi connectivity index (χ3n) is 2.93. The van der Waals surface area contributed by atoms with Gasteiger partial charge in [-0.3, -0.25) is 0 Å².